The highest BCUT2D eigenvalue weighted by atomic mass is 35.5. The number of hydrogen-bond acceptors (Lipinski definition) is 2. The van der Waals surface area contributed by atoms with Crippen LogP contribution in [0.3, 0.4) is 0 Å². The molecule has 1 aromatic carbocycles. The highest BCUT2D eigenvalue weighted by molar-refractivity contribution is 6.42. The van der Waals surface area contributed by atoms with Crippen molar-refractivity contribution in [3.63, 3.8) is 0 Å². The first-order chi connectivity index (χ1) is 8.26. The molecule has 0 saturated carbocycles. The van der Waals surface area contributed by atoms with Crippen molar-refractivity contribution in [1.82, 2.24) is 4.90 Å². The van der Waals surface area contributed by atoms with E-state index in [1.807, 2.05) is 0 Å². The molecular weight excluding hydrogens is 275 g/mol. The van der Waals surface area contributed by atoms with Crippen LogP contribution in [0.5, 0.6) is 0 Å². The van der Waals surface area contributed by atoms with Crippen LogP contribution in [0.25, 0.3) is 0 Å². The maximum absolute atomic E-state index is 12.2. The molecule has 1 saturated heterocycles. The van der Waals surface area contributed by atoms with Gasteiger partial charge in [0.1, 0.15) is 5.54 Å². The van der Waals surface area contributed by atoms with Crippen molar-refractivity contribution in [2.45, 2.75) is 19.4 Å². The molecule has 0 unspecified atom stereocenters. The standard InChI is InChI=1S/C12H12Cl2N2O2/c1-12(2)10(17)16(11(18)15(12)3)7-4-5-8(13)9(14)6-7/h4-6H,1-3H3. The van der Waals surface area contributed by atoms with Gasteiger partial charge in [-0.2, -0.15) is 0 Å². The van der Waals surface area contributed by atoms with E-state index in [9.17, 15) is 9.59 Å². The molecular formula is C12H12Cl2N2O2. The van der Waals surface area contributed by atoms with Gasteiger partial charge in [-0.25, -0.2) is 9.69 Å². The average Bonchev–Trinajstić information content (AvgIpc) is 2.45. The number of carbonyl (C=O) groups is 2. The van der Waals surface area contributed by atoms with Crippen LogP contribution in [0.4, 0.5) is 10.5 Å². The monoisotopic (exact) mass is 286 g/mol. The Hall–Kier alpha value is -1.26. The molecule has 18 heavy (non-hydrogen) atoms. The minimum Gasteiger partial charge on any atom is -0.313 e. The van der Waals surface area contributed by atoms with Crippen molar-refractivity contribution >= 4 is 40.8 Å². The van der Waals surface area contributed by atoms with Gasteiger partial charge in [0.15, 0.2) is 0 Å². The molecule has 0 spiro atoms. The molecule has 3 amide bonds. The van der Waals surface area contributed by atoms with E-state index < -0.39 is 5.54 Å². The predicted octanol–water partition coefficient (Wildman–Crippen LogP) is 3.17. The summed E-state index contributed by atoms with van der Waals surface area (Å²) in [6.07, 6.45) is 0. The lowest BCUT2D eigenvalue weighted by Gasteiger charge is -2.22. The maximum Gasteiger partial charge on any atom is 0.332 e. The second-order valence-electron chi connectivity index (χ2n) is 4.64. The second kappa shape index (κ2) is 4.14. The number of rotatable bonds is 1. The molecule has 0 atom stereocenters. The number of carbonyl (C=O) groups excluding carboxylic acids is 2. The van der Waals surface area contributed by atoms with Crippen molar-refractivity contribution in [2.24, 2.45) is 0 Å². The van der Waals surface area contributed by atoms with Gasteiger partial charge in [0.25, 0.3) is 5.91 Å². The fraction of sp³-hybridized carbons (Fsp3) is 0.333. The van der Waals surface area contributed by atoms with Crippen LogP contribution < -0.4 is 4.90 Å². The zero-order valence-corrected chi connectivity index (χ0v) is 11.7. The number of benzene rings is 1. The Bertz CT molecular complexity index is 543. The summed E-state index contributed by atoms with van der Waals surface area (Å²) in [5.41, 5.74) is -0.430. The summed E-state index contributed by atoms with van der Waals surface area (Å²) in [7, 11) is 1.59. The van der Waals surface area contributed by atoms with Crippen LogP contribution in [0.2, 0.25) is 10.0 Å². The van der Waals surface area contributed by atoms with Gasteiger partial charge in [-0.15, -0.1) is 0 Å². The van der Waals surface area contributed by atoms with Gasteiger partial charge in [0.2, 0.25) is 0 Å². The van der Waals surface area contributed by atoms with E-state index in [1.165, 1.54) is 11.0 Å². The Labute approximate surface area is 115 Å². The lowest BCUT2D eigenvalue weighted by atomic mass is 10.1. The van der Waals surface area contributed by atoms with E-state index in [1.54, 1.807) is 33.0 Å². The SMILES string of the molecule is CN1C(=O)N(c2ccc(Cl)c(Cl)c2)C(=O)C1(C)C. The van der Waals surface area contributed by atoms with Crippen LogP contribution >= 0.6 is 23.2 Å². The molecule has 0 aromatic heterocycles. The first-order valence-electron chi connectivity index (χ1n) is 5.34. The summed E-state index contributed by atoms with van der Waals surface area (Å²) in [5, 5.41) is 0.689. The highest BCUT2D eigenvalue weighted by Gasteiger charge is 2.49. The van der Waals surface area contributed by atoms with E-state index in [-0.39, 0.29) is 11.9 Å². The van der Waals surface area contributed by atoms with E-state index in [0.29, 0.717) is 15.7 Å². The Morgan fingerprint density at radius 3 is 2.17 bits per heavy atom. The van der Waals surface area contributed by atoms with E-state index in [4.69, 9.17) is 23.2 Å². The summed E-state index contributed by atoms with van der Waals surface area (Å²) >= 11 is 11.7. The highest BCUT2D eigenvalue weighted by Crippen LogP contribution is 2.33. The second-order valence-corrected chi connectivity index (χ2v) is 5.45. The number of imide groups is 1. The van der Waals surface area contributed by atoms with E-state index in [0.717, 1.165) is 4.90 Å². The van der Waals surface area contributed by atoms with Gasteiger partial charge < -0.3 is 4.90 Å². The molecule has 4 nitrogen and oxygen atoms in total. The number of likely N-dealkylation sites (N-methyl/N-ethyl adjacent to an activating group) is 1. The van der Waals surface area contributed by atoms with Crippen LogP contribution in [0.15, 0.2) is 18.2 Å². The Morgan fingerprint density at radius 2 is 1.72 bits per heavy atom. The Morgan fingerprint density at radius 1 is 1.11 bits per heavy atom. The summed E-state index contributed by atoms with van der Waals surface area (Å²) < 4.78 is 0. The Balaban J connectivity index is 2.48. The first kappa shape index (κ1) is 13.2. The number of hydrogen-bond donors (Lipinski definition) is 0. The average molecular weight is 287 g/mol. The molecule has 2 rings (SSSR count). The lowest BCUT2D eigenvalue weighted by molar-refractivity contribution is -0.123. The zero-order chi connectivity index (χ0) is 13.7. The Kier molecular flexibility index (Phi) is 3.03. The molecule has 0 radical (unpaired) electrons. The summed E-state index contributed by atoms with van der Waals surface area (Å²) in [6.45, 7) is 3.40. The summed E-state index contributed by atoms with van der Waals surface area (Å²) in [6, 6.07) is 4.29. The number of nitrogens with zero attached hydrogens (tertiary/aromatic N) is 2. The fourth-order valence-corrected chi connectivity index (χ4v) is 2.04. The van der Waals surface area contributed by atoms with Crippen LogP contribution in [-0.2, 0) is 4.79 Å². The third-order valence-corrected chi connectivity index (χ3v) is 3.94. The number of anilines is 1. The normalized spacial score (nSPS) is 18.7. The fourth-order valence-electron chi connectivity index (χ4n) is 1.74. The number of amides is 3. The molecule has 1 fully saturated rings. The van der Waals surface area contributed by atoms with Crippen molar-refractivity contribution in [3.8, 4) is 0 Å². The topological polar surface area (TPSA) is 40.6 Å². The number of urea groups is 1. The van der Waals surface area contributed by atoms with E-state index >= 15 is 0 Å². The minimum absolute atomic E-state index is 0.284. The molecule has 1 aromatic rings. The molecule has 0 bridgehead atoms. The number of halogens is 2. The van der Waals surface area contributed by atoms with Gasteiger partial charge in [-0.3, -0.25) is 4.79 Å². The van der Waals surface area contributed by atoms with Gasteiger partial charge in [-0.05, 0) is 32.0 Å². The van der Waals surface area contributed by atoms with Gasteiger partial charge in [0.05, 0.1) is 15.7 Å². The molecule has 1 aliphatic heterocycles. The van der Waals surface area contributed by atoms with Crippen LogP contribution in [0, 0.1) is 0 Å². The molecule has 0 N–H and O–H groups in total. The smallest absolute Gasteiger partial charge is 0.313 e. The van der Waals surface area contributed by atoms with Crippen molar-refractivity contribution in [3.05, 3.63) is 28.2 Å². The van der Waals surface area contributed by atoms with Crippen molar-refractivity contribution in [2.75, 3.05) is 11.9 Å². The quantitative estimate of drug-likeness (QED) is 0.744. The molecule has 0 aliphatic carbocycles. The molecule has 1 heterocycles. The predicted molar refractivity (Wildman–Crippen MR) is 71.2 cm³/mol. The maximum atomic E-state index is 12.2. The van der Waals surface area contributed by atoms with Crippen molar-refractivity contribution in [1.29, 1.82) is 0 Å². The third-order valence-electron chi connectivity index (χ3n) is 3.20. The minimum atomic E-state index is -0.858. The summed E-state index contributed by atoms with van der Waals surface area (Å²) in [5.74, 6) is -0.284. The van der Waals surface area contributed by atoms with Crippen LogP contribution in [-0.4, -0.2) is 29.4 Å². The van der Waals surface area contributed by atoms with Gasteiger partial charge in [0, 0.05) is 7.05 Å². The summed E-state index contributed by atoms with van der Waals surface area (Å²) in [4.78, 5) is 26.8. The molecule has 1 aliphatic rings. The van der Waals surface area contributed by atoms with Crippen LogP contribution in [0.1, 0.15) is 13.8 Å². The first-order valence-corrected chi connectivity index (χ1v) is 6.10. The van der Waals surface area contributed by atoms with E-state index in [2.05, 4.69) is 0 Å². The van der Waals surface area contributed by atoms with Gasteiger partial charge in [-0.1, -0.05) is 23.2 Å². The van der Waals surface area contributed by atoms with Gasteiger partial charge >= 0.3 is 6.03 Å². The largest absolute Gasteiger partial charge is 0.332 e. The zero-order valence-electron chi connectivity index (χ0n) is 10.2. The lowest BCUT2D eigenvalue weighted by Crippen LogP contribution is -2.41. The third kappa shape index (κ3) is 1.76. The van der Waals surface area contributed by atoms with Crippen molar-refractivity contribution < 1.29 is 9.59 Å². The molecule has 96 valence electrons. The molecule has 6 heteroatoms.